The van der Waals surface area contributed by atoms with E-state index in [1.165, 1.54) is 7.11 Å². The average Bonchev–Trinajstić information content (AvgIpc) is 2.39. The van der Waals surface area contributed by atoms with Gasteiger partial charge in [0.2, 0.25) is 0 Å². The van der Waals surface area contributed by atoms with E-state index in [-0.39, 0.29) is 5.75 Å². The van der Waals surface area contributed by atoms with Crippen molar-refractivity contribution in [3.63, 3.8) is 0 Å². The molecule has 18 heavy (non-hydrogen) atoms. The van der Waals surface area contributed by atoms with Gasteiger partial charge < -0.3 is 19.9 Å². The van der Waals surface area contributed by atoms with Crippen molar-refractivity contribution in [1.29, 1.82) is 0 Å². The van der Waals surface area contributed by atoms with Gasteiger partial charge in [-0.15, -0.1) is 0 Å². The highest BCUT2D eigenvalue weighted by Gasteiger charge is 2.19. The zero-order valence-electron chi connectivity index (χ0n) is 9.87. The molecule has 0 heterocycles. The van der Waals surface area contributed by atoms with Crippen LogP contribution in [-0.4, -0.2) is 29.4 Å². The van der Waals surface area contributed by atoms with E-state index in [1.54, 1.807) is 42.5 Å². The molecule has 5 heteroatoms. The van der Waals surface area contributed by atoms with Crippen LogP contribution >= 0.6 is 0 Å². The highest BCUT2D eigenvalue weighted by Crippen LogP contribution is 2.35. The van der Waals surface area contributed by atoms with Crippen LogP contribution in [0.25, 0.3) is 11.1 Å². The molecule has 0 amide bonds. The number of aromatic hydroxyl groups is 1. The van der Waals surface area contributed by atoms with Crippen LogP contribution < -0.4 is 10.2 Å². The fourth-order valence-electron chi connectivity index (χ4n) is 1.87. The Balaban J connectivity index is 2.62. The van der Waals surface area contributed by atoms with E-state index in [9.17, 15) is 15.2 Å². The minimum Gasteiger partial charge on any atom is -0.504 e. The van der Waals surface area contributed by atoms with Gasteiger partial charge >= 0.3 is 7.12 Å². The van der Waals surface area contributed by atoms with Gasteiger partial charge in [-0.25, -0.2) is 0 Å². The number of phenolic OH excluding ortho intramolecular Hbond substituents is 1. The molecule has 0 bridgehead atoms. The lowest BCUT2D eigenvalue weighted by Crippen LogP contribution is -2.31. The van der Waals surface area contributed by atoms with E-state index in [0.29, 0.717) is 22.3 Å². The SMILES string of the molecule is COc1cccc(-c2ccccc2B(O)O)c1O. The molecule has 2 aromatic rings. The largest absolute Gasteiger partial charge is 0.504 e. The first-order chi connectivity index (χ1) is 8.65. The van der Waals surface area contributed by atoms with Crippen molar-refractivity contribution in [2.75, 3.05) is 7.11 Å². The summed E-state index contributed by atoms with van der Waals surface area (Å²) in [6.45, 7) is 0. The number of phenols is 1. The average molecular weight is 244 g/mol. The molecule has 92 valence electrons. The van der Waals surface area contributed by atoms with Crippen molar-refractivity contribution in [2.24, 2.45) is 0 Å². The Bertz CT molecular complexity index is 554. The van der Waals surface area contributed by atoms with Gasteiger partial charge in [-0.1, -0.05) is 36.4 Å². The van der Waals surface area contributed by atoms with Crippen LogP contribution in [0.15, 0.2) is 42.5 Å². The summed E-state index contributed by atoms with van der Waals surface area (Å²) < 4.78 is 5.03. The quantitative estimate of drug-likeness (QED) is 0.696. The molecule has 4 nitrogen and oxygen atoms in total. The Kier molecular flexibility index (Phi) is 3.55. The summed E-state index contributed by atoms with van der Waals surface area (Å²) in [4.78, 5) is 0. The molecule has 2 rings (SSSR count). The van der Waals surface area contributed by atoms with E-state index < -0.39 is 7.12 Å². The number of hydrogen-bond acceptors (Lipinski definition) is 4. The summed E-state index contributed by atoms with van der Waals surface area (Å²) in [6.07, 6.45) is 0. The fraction of sp³-hybridized carbons (Fsp3) is 0.0769. The molecule has 0 saturated heterocycles. The molecule has 0 aliphatic carbocycles. The highest BCUT2D eigenvalue weighted by atomic mass is 16.5. The molecule has 0 radical (unpaired) electrons. The van der Waals surface area contributed by atoms with Gasteiger partial charge in [-0.3, -0.25) is 0 Å². The van der Waals surface area contributed by atoms with E-state index in [1.807, 2.05) is 0 Å². The van der Waals surface area contributed by atoms with Crippen LogP contribution in [0.5, 0.6) is 11.5 Å². The maximum absolute atomic E-state index is 10.1. The van der Waals surface area contributed by atoms with Crippen molar-refractivity contribution in [3.05, 3.63) is 42.5 Å². The monoisotopic (exact) mass is 244 g/mol. The minimum absolute atomic E-state index is 0.0203. The number of rotatable bonds is 3. The standard InChI is InChI=1S/C13H13BO4/c1-18-12-8-4-6-10(13(12)15)9-5-2-3-7-11(9)14(16)17/h2-8,15-17H,1H3. The smallest absolute Gasteiger partial charge is 0.489 e. The van der Waals surface area contributed by atoms with Gasteiger partial charge in [-0.2, -0.15) is 0 Å². The Morgan fingerprint density at radius 3 is 2.28 bits per heavy atom. The molecule has 3 N–H and O–H groups in total. The Morgan fingerprint density at radius 1 is 0.944 bits per heavy atom. The molecule has 0 unspecified atom stereocenters. The van der Waals surface area contributed by atoms with Crippen molar-refractivity contribution >= 4 is 12.6 Å². The first-order valence-electron chi connectivity index (χ1n) is 5.46. The molecule has 0 aromatic heterocycles. The Morgan fingerprint density at radius 2 is 1.61 bits per heavy atom. The summed E-state index contributed by atoms with van der Waals surface area (Å²) in [5.41, 5.74) is 1.39. The minimum atomic E-state index is -1.59. The summed E-state index contributed by atoms with van der Waals surface area (Å²) in [5, 5.41) is 28.7. The lowest BCUT2D eigenvalue weighted by atomic mass is 9.75. The van der Waals surface area contributed by atoms with E-state index in [0.717, 1.165) is 0 Å². The molecule has 0 fully saturated rings. The Hall–Kier alpha value is -1.98. The second kappa shape index (κ2) is 5.12. The van der Waals surface area contributed by atoms with Crippen LogP contribution in [0.3, 0.4) is 0 Å². The molecular weight excluding hydrogens is 231 g/mol. The van der Waals surface area contributed by atoms with Crippen LogP contribution in [-0.2, 0) is 0 Å². The van der Waals surface area contributed by atoms with E-state index >= 15 is 0 Å². The van der Waals surface area contributed by atoms with Crippen molar-refractivity contribution in [3.8, 4) is 22.6 Å². The first kappa shape index (κ1) is 12.5. The maximum Gasteiger partial charge on any atom is 0.489 e. The zero-order valence-corrected chi connectivity index (χ0v) is 9.87. The number of hydrogen-bond donors (Lipinski definition) is 3. The normalized spacial score (nSPS) is 10.2. The number of benzene rings is 2. The number of para-hydroxylation sites is 1. The third-order valence-electron chi connectivity index (χ3n) is 2.75. The zero-order chi connectivity index (χ0) is 13.1. The van der Waals surface area contributed by atoms with E-state index in [2.05, 4.69) is 0 Å². The summed E-state index contributed by atoms with van der Waals surface area (Å²) in [5.74, 6) is 0.322. The lowest BCUT2D eigenvalue weighted by Gasteiger charge is -2.12. The highest BCUT2D eigenvalue weighted by molar-refractivity contribution is 6.60. The third kappa shape index (κ3) is 2.18. The van der Waals surface area contributed by atoms with Gasteiger partial charge in [0.15, 0.2) is 11.5 Å². The topological polar surface area (TPSA) is 69.9 Å². The molecule has 0 saturated carbocycles. The van der Waals surface area contributed by atoms with Gasteiger partial charge in [0, 0.05) is 5.56 Å². The maximum atomic E-state index is 10.1. The van der Waals surface area contributed by atoms with Gasteiger partial charge in [0.25, 0.3) is 0 Å². The summed E-state index contributed by atoms with van der Waals surface area (Å²) in [7, 11) is -0.127. The lowest BCUT2D eigenvalue weighted by molar-refractivity contribution is 0.374. The van der Waals surface area contributed by atoms with Gasteiger partial charge in [-0.05, 0) is 17.1 Å². The molecule has 0 atom stereocenters. The molecule has 2 aromatic carbocycles. The molecule has 0 aliphatic rings. The molecule has 0 aliphatic heterocycles. The number of ether oxygens (including phenoxy) is 1. The van der Waals surface area contributed by atoms with Crippen molar-refractivity contribution in [1.82, 2.24) is 0 Å². The van der Waals surface area contributed by atoms with Gasteiger partial charge in [0.1, 0.15) is 0 Å². The van der Waals surface area contributed by atoms with Crippen LogP contribution in [0.4, 0.5) is 0 Å². The fourth-order valence-corrected chi connectivity index (χ4v) is 1.87. The van der Waals surface area contributed by atoms with Crippen molar-refractivity contribution < 1.29 is 19.9 Å². The Labute approximate surface area is 105 Å². The van der Waals surface area contributed by atoms with E-state index in [4.69, 9.17) is 4.74 Å². The first-order valence-corrected chi connectivity index (χ1v) is 5.46. The van der Waals surface area contributed by atoms with Crippen LogP contribution in [0.2, 0.25) is 0 Å². The number of methoxy groups -OCH3 is 1. The molecular formula is C13H13BO4. The van der Waals surface area contributed by atoms with Crippen LogP contribution in [0.1, 0.15) is 0 Å². The van der Waals surface area contributed by atoms with Crippen molar-refractivity contribution in [2.45, 2.75) is 0 Å². The second-order valence-electron chi connectivity index (χ2n) is 3.82. The summed E-state index contributed by atoms with van der Waals surface area (Å²) >= 11 is 0. The third-order valence-corrected chi connectivity index (χ3v) is 2.75. The molecule has 0 spiro atoms. The predicted octanol–water partition coefficient (Wildman–Crippen LogP) is 0.748. The predicted molar refractivity (Wildman–Crippen MR) is 69.9 cm³/mol. The second-order valence-corrected chi connectivity index (χ2v) is 3.82. The summed E-state index contributed by atoms with van der Waals surface area (Å²) in [6, 6.07) is 11.8. The van der Waals surface area contributed by atoms with Crippen LogP contribution in [0, 0.1) is 0 Å². The van der Waals surface area contributed by atoms with Gasteiger partial charge in [0.05, 0.1) is 7.11 Å².